The number of carbonyl (C=O) groups excluding carboxylic acids is 1. The first-order chi connectivity index (χ1) is 10.4. The van der Waals surface area contributed by atoms with Crippen LogP contribution >= 0.6 is 23.4 Å². The summed E-state index contributed by atoms with van der Waals surface area (Å²) in [5, 5.41) is 13.8. The third-order valence-electron chi connectivity index (χ3n) is 3.69. The van der Waals surface area contributed by atoms with E-state index in [0.717, 1.165) is 10.6 Å². The van der Waals surface area contributed by atoms with Crippen LogP contribution in [0.3, 0.4) is 0 Å². The van der Waals surface area contributed by atoms with Crippen LogP contribution in [0.2, 0.25) is 5.02 Å². The van der Waals surface area contributed by atoms with Gasteiger partial charge in [-0.25, -0.2) is 4.79 Å². The van der Waals surface area contributed by atoms with Gasteiger partial charge in [0.1, 0.15) is 0 Å². The first-order valence-electron chi connectivity index (χ1n) is 7.57. The average molecular weight is 343 g/mol. The molecule has 122 valence electrons. The van der Waals surface area contributed by atoms with E-state index in [4.69, 9.17) is 11.6 Å². The average Bonchev–Trinajstić information content (AvgIpc) is 2.44. The van der Waals surface area contributed by atoms with Crippen molar-refractivity contribution in [3.05, 3.63) is 23.2 Å². The molecule has 1 aliphatic heterocycles. The van der Waals surface area contributed by atoms with Crippen LogP contribution in [0, 0.1) is 5.92 Å². The summed E-state index contributed by atoms with van der Waals surface area (Å²) in [5.41, 5.74) is 0.745. The van der Waals surface area contributed by atoms with E-state index in [1.54, 1.807) is 22.7 Å². The highest BCUT2D eigenvalue weighted by atomic mass is 35.5. The minimum absolute atomic E-state index is 0.100. The summed E-state index contributed by atoms with van der Waals surface area (Å²) in [5.74, 6) is 0.100. The molecule has 4 nitrogen and oxygen atoms in total. The Bertz CT molecular complexity index is 539. The Kier molecular flexibility index (Phi) is 6.01. The topological polar surface area (TPSA) is 52.6 Å². The highest BCUT2D eigenvalue weighted by Gasteiger charge is 2.27. The van der Waals surface area contributed by atoms with Crippen LogP contribution in [0.15, 0.2) is 23.1 Å². The van der Waals surface area contributed by atoms with E-state index in [9.17, 15) is 9.90 Å². The van der Waals surface area contributed by atoms with Crippen LogP contribution in [0.5, 0.6) is 0 Å². The molecule has 1 fully saturated rings. The number of nitrogens with one attached hydrogen (secondary N) is 1. The number of halogens is 1. The number of likely N-dealkylation sites (tertiary alicyclic amines) is 1. The van der Waals surface area contributed by atoms with Crippen molar-refractivity contribution >= 4 is 35.1 Å². The number of urea groups is 1. The molecule has 22 heavy (non-hydrogen) atoms. The predicted molar refractivity (Wildman–Crippen MR) is 92.8 cm³/mol. The van der Waals surface area contributed by atoms with Crippen LogP contribution in [0.1, 0.15) is 27.2 Å². The summed E-state index contributed by atoms with van der Waals surface area (Å²) in [7, 11) is 0. The zero-order valence-electron chi connectivity index (χ0n) is 13.2. The highest BCUT2D eigenvalue weighted by molar-refractivity contribution is 8.00. The van der Waals surface area contributed by atoms with Crippen LogP contribution in [-0.2, 0) is 0 Å². The molecule has 1 aliphatic rings. The van der Waals surface area contributed by atoms with Crippen LogP contribution in [0.4, 0.5) is 10.5 Å². The summed E-state index contributed by atoms with van der Waals surface area (Å²) in [6.45, 7) is 7.32. The van der Waals surface area contributed by atoms with Gasteiger partial charge in [0.2, 0.25) is 0 Å². The molecule has 0 aromatic heterocycles. The maximum Gasteiger partial charge on any atom is 0.321 e. The Balaban J connectivity index is 2.09. The van der Waals surface area contributed by atoms with Crippen LogP contribution in [-0.4, -0.2) is 40.5 Å². The van der Waals surface area contributed by atoms with Gasteiger partial charge < -0.3 is 15.3 Å². The first-order valence-corrected chi connectivity index (χ1v) is 8.82. The molecular weight excluding hydrogens is 320 g/mol. The van der Waals surface area contributed by atoms with Gasteiger partial charge in [0.15, 0.2) is 0 Å². The molecule has 2 unspecified atom stereocenters. The Morgan fingerprint density at radius 1 is 1.50 bits per heavy atom. The van der Waals surface area contributed by atoms with Crippen molar-refractivity contribution in [1.82, 2.24) is 4.90 Å². The fourth-order valence-electron chi connectivity index (χ4n) is 2.47. The molecule has 1 aromatic rings. The zero-order valence-corrected chi connectivity index (χ0v) is 14.7. The van der Waals surface area contributed by atoms with Crippen molar-refractivity contribution in [2.24, 2.45) is 5.92 Å². The number of aliphatic hydroxyl groups excluding tert-OH is 1. The molecule has 0 aliphatic carbocycles. The second kappa shape index (κ2) is 7.57. The monoisotopic (exact) mass is 342 g/mol. The van der Waals surface area contributed by atoms with Gasteiger partial charge in [0.05, 0.1) is 11.8 Å². The number of hydrogen-bond acceptors (Lipinski definition) is 3. The van der Waals surface area contributed by atoms with E-state index in [1.807, 2.05) is 19.1 Å². The van der Waals surface area contributed by atoms with E-state index in [-0.39, 0.29) is 18.1 Å². The van der Waals surface area contributed by atoms with Crippen molar-refractivity contribution < 1.29 is 9.90 Å². The molecule has 2 atom stereocenters. The molecule has 0 saturated carbocycles. The predicted octanol–water partition coefficient (Wildman–Crippen LogP) is 4.08. The molecule has 0 spiro atoms. The first kappa shape index (κ1) is 17.4. The quantitative estimate of drug-likeness (QED) is 0.814. The maximum absolute atomic E-state index is 12.4. The zero-order chi connectivity index (χ0) is 16.3. The Hall–Kier alpha value is -0.910. The summed E-state index contributed by atoms with van der Waals surface area (Å²) in [6.07, 6.45) is 0.305. The van der Waals surface area contributed by atoms with Gasteiger partial charge >= 0.3 is 6.03 Å². The largest absolute Gasteiger partial charge is 0.393 e. The molecule has 1 saturated heterocycles. The smallest absolute Gasteiger partial charge is 0.321 e. The summed E-state index contributed by atoms with van der Waals surface area (Å²) < 4.78 is 0. The van der Waals surface area contributed by atoms with Gasteiger partial charge in [-0.1, -0.05) is 32.4 Å². The van der Waals surface area contributed by atoms with E-state index < -0.39 is 0 Å². The lowest BCUT2D eigenvalue weighted by atomic mass is 9.97. The van der Waals surface area contributed by atoms with E-state index in [2.05, 4.69) is 19.2 Å². The van der Waals surface area contributed by atoms with Crippen molar-refractivity contribution in [3.63, 3.8) is 0 Å². The number of nitrogens with zero attached hydrogens (tertiary/aromatic N) is 1. The van der Waals surface area contributed by atoms with Crippen molar-refractivity contribution in [2.45, 2.75) is 43.4 Å². The Morgan fingerprint density at radius 2 is 2.23 bits per heavy atom. The molecule has 2 rings (SSSR count). The van der Waals surface area contributed by atoms with E-state index in [1.165, 1.54) is 0 Å². The van der Waals surface area contributed by atoms with Gasteiger partial charge in [-0.15, -0.1) is 11.8 Å². The van der Waals surface area contributed by atoms with Crippen molar-refractivity contribution in [2.75, 3.05) is 18.4 Å². The summed E-state index contributed by atoms with van der Waals surface area (Å²) in [6, 6.07) is 5.42. The van der Waals surface area contributed by atoms with Crippen LogP contribution < -0.4 is 5.32 Å². The minimum atomic E-state index is -0.317. The third-order valence-corrected chi connectivity index (χ3v) is 5.01. The SMILES string of the molecule is CC(C)Sc1ccc(Cl)cc1NC(=O)N1CCC(O)C(C)C1. The minimum Gasteiger partial charge on any atom is -0.393 e. The molecule has 0 bridgehead atoms. The van der Waals surface area contributed by atoms with Gasteiger partial charge in [0, 0.05) is 28.3 Å². The molecular formula is C16H23ClN2O2S. The molecule has 6 heteroatoms. The second-order valence-corrected chi connectivity index (χ2v) is 8.07. The molecule has 1 heterocycles. The number of aliphatic hydroxyl groups is 1. The molecule has 2 N–H and O–H groups in total. The van der Waals surface area contributed by atoms with Crippen molar-refractivity contribution in [1.29, 1.82) is 0 Å². The Labute approximate surface area is 141 Å². The fourth-order valence-corrected chi connectivity index (χ4v) is 3.53. The van der Waals surface area contributed by atoms with Gasteiger partial charge in [-0.05, 0) is 30.5 Å². The number of carbonyl (C=O) groups is 1. The number of amides is 2. The lowest BCUT2D eigenvalue weighted by Gasteiger charge is -2.34. The standard InChI is InChI=1S/C16H23ClN2O2S/c1-10(2)22-15-5-4-12(17)8-13(15)18-16(21)19-7-6-14(20)11(3)9-19/h4-5,8,10-11,14,20H,6-7,9H2,1-3H3,(H,18,21). The molecule has 2 amide bonds. The van der Waals surface area contributed by atoms with Gasteiger partial charge in [-0.3, -0.25) is 0 Å². The number of rotatable bonds is 3. The lowest BCUT2D eigenvalue weighted by Crippen LogP contribution is -2.46. The van der Waals surface area contributed by atoms with Crippen molar-refractivity contribution in [3.8, 4) is 0 Å². The number of hydrogen-bond donors (Lipinski definition) is 2. The maximum atomic E-state index is 12.4. The molecule has 0 radical (unpaired) electrons. The number of benzene rings is 1. The van der Waals surface area contributed by atoms with E-state index >= 15 is 0 Å². The second-order valence-electron chi connectivity index (χ2n) is 6.02. The lowest BCUT2D eigenvalue weighted by molar-refractivity contribution is 0.0506. The highest BCUT2D eigenvalue weighted by Crippen LogP contribution is 2.33. The molecule has 1 aromatic carbocycles. The fraction of sp³-hybridized carbons (Fsp3) is 0.562. The number of anilines is 1. The Morgan fingerprint density at radius 3 is 2.86 bits per heavy atom. The van der Waals surface area contributed by atoms with Gasteiger partial charge in [0.25, 0.3) is 0 Å². The van der Waals surface area contributed by atoms with E-state index in [0.29, 0.717) is 29.8 Å². The summed E-state index contributed by atoms with van der Waals surface area (Å²) in [4.78, 5) is 15.2. The number of piperidine rings is 1. The number of thioether (sulfide) groups is 1. The van der Waals surface area contributed by atoms with Gasteiger partial charge in [-0.2, -0.15) is 0 Å². The third kappa shape index (κ3) is 4.54. The van der Waals surface area contributed by atoms with Crippen LogP contribution in [0.25, 0.3) is 0 Å². The summed E-state index contributed by atoms with van der Waals surface area (Å²) >= 11 is 7.75. The normalized spacial score (nSPS) is 22.0.